The van der Waals surface area contributed by atoms with Gasteiger partial charge in [0, 0.05) is 12.1 Å². The van der Waals surface area contributed by atoms with Crippen LogP contribution in [0.2, 0.25) is 0 Å². The molecule has 0 aliphatic heterocycles. The van der Waals surface area contributed by atoms with Gasteiger partial charge >= 0.3 is 0 Å². The lowest BCUT2D eigenvalue weighted by molar-refractivity contribution is -0.141. The van der Waals surface area contributed by atoms with Crippen molar-refractivity contribution in [3.05, 3.63) is 59.7 Å². The van der Waals surface area contributed by atoms with Crippen molar-refractivity contribution in [3.8, 4) is 5.75 Å². The largest absolute Gasteiger partial charge is 0.497 e. The molecule has 2 rings (SSSR count). The number of rotatable bonds is 10. The minimum atomic E-state index is -3.75. The first-order valence-electron chi connectivity index (χ1n) is 11.5. The van der Waals surface area contributed by atoms with Crippen molar-refractivity contribution < 1.29 is 22.7 Å². The normalized spacial score (nSPS) is 12.5. The molecule has 1 atom stereocenters. The fraction of sp³-hybridized carbons (Fsp3) is 0.462. The van der Waals surface area contributed by atoms with E-state index in [4.69, 9.17) is 4.74 Å². The van der Waals surface area contributed by atoms with Gasteiger partial charge in [-0.3, -0.25) is 13.9 Å². The summed E-state index contributed by atoms with van der Waals surface area (Å²) >= 11 is 0. The van der Waals surface area contributed by atoms with Crippen LogP contribution in [-0.4, -0.2) is 56.6 Å². The van der Waals surface area contributed by atoms with Crippen LogP contribution in [0.3, 0.4) is 0 Å². The summed E-state index contributed by atoms with van der Waals surface area (Å²) in [7, 11) is -2.18. The molecule has 8 nitrogen and oxygen atoms in total. The number of sulfonamides is 1. The highest BCUT2D eigenvalue weighted by atomic mass is 32.2. The van der Waals surface area contributed by atoms with Crippen LogP contribution >= 0.6 is 0 Å². The molecule has 2 aromatic carbocycles. The second-order valence-corrected chi connectivity index (χ2v) is 11.5. The van der Waals surface area contributed by atoms with Gasteiger partial charge in [-0.2, -0.15) is 0 Å². The molecule has 192 valence electrons. The lowest BCUT2D eigenvalue weighted by Crippen LogP contribution is -2.55. The van der Waals surface area contributed by atoms with Crippen molar-refractivity contribution in [2.45, 2.75) is 59.2 Å². The lowest BCUT2D eigenvalue weighted by Gasteiger charge is -2.34. The van der Waals surface area contributed by atoms with E-state index >= 15 is 0 Å². The maximum Gasteiger partial charge on any atom is 0.244 e. The van der Waals surface area contributed by atoms with Gasteiger partial charge in [-0.05, 0) is 63.9 Å². The number of nitrogens with zero attached hydrogens (tertiary/aromatic N) is 2. The third-order valence-corrected chi connectivity index (χ3v) is 6.54. The fourth-order valence-electron chi connectivity index (χ4n) is 3.62. The minimum Gasteiger partial charge on any atom is -0.497 e. The number of anilines is 1. The van der Waals surface area contributed by atoms with Gasteiger partial charge in [0.2, 0.25) is 21.8 Å². The maximum absolute atomic E-state index is 13.7. The molecule has 0 unspecified atom stereocenters. The maximum atomic E-state index is 13.7. The van der Waals surface area contributed by atoms with Gasteiger partial charge in [0.1, 0.15) is 18.3 Å². The SMILES string of the molecule is CC[C@H](C(=O)NC(C)(C)C)N(Cc1ccc(OC)cc1)C(=O)CN(c1ccc(C)cc1)S(C)(=O)=O. The first-order chi connectivity index (χ1) is 16.2. The first-order valence-corrected chi connectivity index (χ1v) is 13.4. The van der Waals surface area contributed by atoms with Crippen molar-refractivity contribution in [2.24, 2.45) is 0 Å². The van der Waals surface area contributed by atoms with Gasteiger partial charge in [0.15, 0.2) is 0 Å². The van der Waals surface area contributed by atoms with Gasteiger partial charge in [0.25, 0.3) is 0 Å². The molecule has 2 aromatic rings. The van der Waals surface area contributed by atoms with Crippen molar-refractivity contribution >= 4 is 27.5 Å². The summed E-state index contributed by atoms with van der Waals surface area (Å²) < 4.78 is 31.5. The number of hydrogen-bond acceptors (Lipinski definition) is 5. The van der Waals surface area contributed by atoms with E-state index in [0.29, 0.717) is 17.9 Å². The number of nitrogens with one attached hydrogen (secondary N) is 1. The highest BCUT2D eigenvalue weighted by Crippen LogP contribution is 2.21. The molecule has 0 fully saturated rings. The zero-order valence-corrected chi connectivity index (χ0v) is 22.5. The van der Waals surface area contributed by atoms with Crippen LogP contribution in [0.5, 0.6) is 5.75 Å². The molecular formula is C26H37N3O5S. The van der Waals surface area contributed by atoms with Crippen molar-refractivity contribution in [3.63, 3.8) is 0 Å². The molecule has 1 N–H and O–H groups in total. The molecule has 0 heterocycles. The Morgan fingerprint density at radius 2 is 1.60 bits per heavy atom. The third kappa shape index (κ3) is 8.28. The van der Waals surface area contributed by atoms with Crippen molar-refractivity contribution in [1.82, 2.24) is 10.2 Å². The number of methoxy groups -OCH3 is 1. The van der Waals surface area contributed by atoms with Crippen LogP contribution < -0.4 is 14.4 Å². The number of benzene rings is 2. The van der Waals surface area contributed by atoms with Gasteiger partial charge in [-0.15, -0.1) is 0 Å². The molecule has 0 aliphatic carbocycles. The lowest BCUT2D eigenvalue weighted by atomic mass is 10.1. The average molecular weight is 504 g/mol. The Balaban J connectivity index is 2.44. The van der Waals surface area contributed by atoms with Crippen molar-refractivity contribution in [1.29, 1.82) is 0 Å². The highest BCUT2D eigenvalue weighted by molar-refractivity contribution is 7.92. The van der Waals surface area contributed by atoms with Gasteiger partial charge in [-0.1, -0.05) is 36.8 Å². The summed E-state index contributed by atoms with van der Waals surface area (Å²) in [6, 6.07) is 13.3. The molecule has 0 radical (unpaired) electrons. The van der Waals surface area contributed by atoms with Crippen LogP contribution in [-0.2, 0) is 26.2 Å². The Morgan fingerprint density at radius 3 is 2.06 bits per heavy atom. The molecule has 0 bridgehead atoms. The van der Waals surface area contributed by atoms with Crippen LogP contribution in [0, 0.1) is 6.92 Å². The second-order valence-electron chi connectivity index (χ2n) is 9.64. The number of ether oxygens (including phenoxy) is 1. The molecule has 0 aliphatic rings. The van der Waals surface area contributed by atoms with E-state index in [1.807, 2.05) is 46.8 Å². The number of aryl methyl sites for hydroxylation is 1. The van der Waals surface area contributed by atoms with E-state index in [1.54, 1.807) is 43.5 Å². The quantitative estimate of drug-likeness (QED) is 0.535. The molecule has 0 saturated heterocycles. The molecule has 2 amide bonds. The van der Waals surface area contributed by atoms with E-state index in [-0.39, 0.29) is 12.5 Å². The predicted molar refractivity (Wildman–Crippen MR) is 139 cm³/mol. The summed E-state index contributed by atoms with van der Waals surface area (Å²) in [4.78, 5) is 28.3. The number of hydrogen-bond donors (Lipinski definition) is 1. The minimum absolute atomic E-state index is 0.143. The molecule has 35 heavy (non-hydrogen) atoms. The van der Waals surface area contributed by atoms with E-state index in [2.05, 4.69) is 5.32 Å². The van der Waals surface area contributed by atoms with Crippen LogP contribution in [0.1, 0.15) is 45.2 Å². The standard InChI is InChI=1S/C26H37N3O5S/c1-8-23(25(31)27-26(3,4)5)28(17-20-11-15-22(34-6)16-12-20)24(30)18-29(35(7,32)33)21-13-9-19(2)10-14-21/h9-16,23H,8,17-18H2,1-7H3,(H,27,31)/t23-/m1/s1. The predicted octanol–water partition coefficient (Wildman–Crippen LogP) is 3.49. The Kier molecular flexibility index (Phi) is 9.31. The Morgan fingerprint density at radius 1 is 1.03 bits per heavy atom. The van der Waals surface area contributed by atoms with E-state index in [1.165, 1.54) is 4.90 Å². The van der Waals surface area contributed by atoms with Crippen LogP contribution in [0.15, 0.2) is 48.5 Å². The number of carbonyl (C=O) groups excluding carboxylic acids is 2. The summed E-state index contributed by atoms with van der Waals surface area (Å²) in [5.41, 5.74) is 1.67. The number of carbonyl (C=O) groups is 2. The summed E-state index contributed by atoms with van der Waals surface area (Å²) in [6.45, 7) is 9.06. The molecule has 9 heteroatoms. The Bertz CT molecular complexity index is 1110. The second kappa shape index (κ2) is 11.6. The smallest absolute Gasteiger partial charge is 0.244 e. The Labute approximate surface area is 209 Å². The van der Waals surface area contributed by atoms with E-state index in [0.717, 1.165) is 21.7 Å². The zero-order chi connectivity index (χ0) is 26.4. The molecular weight excluding hydrogens is 466 g/mol. The van der Waals surface area contributed by atoms with Crippen molar-refractivity contribution in [2.75, 3.05) is 24.2 Å². The Hall–Kier alpha value is -3.07. The zero-order valence-electron chi connectivity index (χ0n) is 21.7. The number of amides is 2. The van der Waals surface area contributed by atoms with Gasteiger partial charge in [-0.25, -0.2) is 8.42 Å². The molecule has 0 spiro atoms. The van der Waals surface area contributed by atoms with Gasteiger partial charge in [0.05, 0.1) is 19.1 Å². The van der Waals surface area contributed by atoms with Gasteiger partial charge < -0.3 is 15.0 Å². The summed E-state index contributed by atoms with van der Waals surface area (Å²) in [5, 5.41) is 2.95. The van der Waals surface area contributed by atoms with Crippen LogP contribution in [0.25, 0.3) is 0 Å². The highest BCUT2D eigenvalue weighted by Gasteiger charge is 2.33. The van der Waals surface area contributed by atoms with E-state index in [9.17, 15) is 18.0 Å². The first kappa shape index (κ1) is 28.2. The van der Waals surface area contributed by atoms with E-state index < -0.39 is 34.1 Å². The molecule has 0 aromatic heterocycles. The molecule has 0 saturated carbocycles. The van der Waals surface area contributed by atoms with Crippen LogP contribution in [0.4, 0.5) is 5.69 Å². The third-order valence-electron chi connectivity index (χ3n) is 5.40. The monoisotopic (exact) mass is 503 g/mol. The summed E-state index contributed by atoms with van der Waals surface area (Å²) in [6.07, 6.45) is 1.44. The topological polar surface area (TPSA) is 96.0 Å². The summed E-state index contributed by atoms with van der Waals surface area (Å²) in [5.74, 6) is -0.0856. The average Bonchev–Trinajstić information content (AvgIpc) is 2.76. The fourth-order valence-corrected chi connectivity index (χ4v) is 4.47.